The van der Waals surface area contributed by atoms with E-state index >= 15 is 0 Å². The fourth-order valence-electron chi connectivity index (χ4n) is 3.17. The molecule has 0 bridgehead atoms. The summed E-state index contributed by atoms with van der Waals surface area (Å²) in [5.74, 6) is -0.000130. The summed E-state index contributed by atoms with van der Waals surface area (Å²) in [4.78, 5) is 41.3. The lowest BCUT2D eigenvalue weighted by atomic mass is 10.2. The summed E-state index contributed by atoms with van der Waals surface area (Å²) in [6, 6.07) is 7.55. The van der Waals surface area contributed by atoms with Crippen molar-refractivity contribution in [3.05, 3.63) is 61.7 Å². The third-order valence-electron chi connectivity index (χ3n) is 4.63. The van der Waals surface area contributed by atoms with Crippen LogP contribution in [0.5, 0.6) is 0 Å². The van der Waals surface area contributed by atoms with Crippen molar-refractivity contribution in [3.8, 4) is 0 Å². The summed E-state index contributed by atoms with van der Waals surface area (Å²) in [5.41, 5.74) is 0.0509. The molecule has 0 N–H and O–H groups in total. The van der Waals surface area contributed by atoms with Crippen LogP contribution in [0.25, 0.3) is 22.1 Å². The molecule has 0 saturated carbocycles. The highest BCUT2D eigenvalue weighted by atomic mass is 79.9. The number of aromatic nitrogens is 4. The first-order chi connectivity index (χ1) is 13.8. The van der Waals surface area contributed by atoms with Crippen molar-refractivity contribution in [2.45, 2.75) is 13.0 Å². The first-order valence-corrected chi connectivity index (χ1v) is 9.59. The molecule has 0 unspecified atom stereocenters. The molecule has 150 valence electrons. The summed E-state index contributed by atoms with van der Waals surface area (Å²) < 4.78 is 15.4. The molecule has 4 rings (SSSR count). The largest absolute Gasteiger partial charge is 0.464 e. The number of fused-ring (bicyclic) bond motifs is 2. The van der Waals surface area contributed by atoms with E-state index in [-0.39, 0.29) is 17.8 Å². The Morgan fingerprint density at radius 3 is 2.83 bits per heavy atom. The monoisotopic (exact) mass is 460 g/mol. The standard InChI is InChI=1S/C19H17BrN4O5/c1-22-10-21-17-16(22)18(26)24(19(27)23(17)2)9-15(25)28-6-5-13-8-11-7-12(20)3-4-14(11)29-13/h3-4,7-8,10H,5-6,9H2,1-2H3. The maximum atomic E-state index is 12.6. The van der Waals surface area contributed by atoms with E-state index in [1.807, 2.05) is 24.3 Å². The topological polar surface area (TPSA) is 101 Å². The molecule has 0 atom stereocenters. The molecule has 0 saturated heterocycles. The van der Waals surface area contributed by atoms with Crippen molar-refractivity contribution in [3.63, 3.8) is 0 Å². The first-order valence-electron chi connectivity index (χ1n) is 8.79. The Bertz CT molecular complexity index is 1360. The SMILES string of the molecule is Cn1cnc2c1c(=O)n(CC(=O)OCCc1cc3cc(Br)ccc3o1)c(=O)n2C. The minimum Gasteiger partial charge on any atom is -0.464 e. The van der Waals surface area contributed by atoms with Gasteiger partial charge in [0.2, 0.25) is 0 Å². The molecule has 29 heavy (non-hydrogen) atoms. The zero-order valence-electron chi connectivity index (χ0n) is 15.7. The summed E-state index contributed by atoms with van der Waals surface area (Å²) in [6.45, 7) is -0.400. The van der Waals surface area contributed by atoms with Gasteiger partial charge >= 0.3 is 11.7 Å². The molecule has 0 aliphatic carbocycles. The van der Waals surface area contributed by atoms with E-state index in [1.54, 1.807) is 7.05 Å². The molecular formula is C19H17BrN4O5. The van der Waals surface area contributed by atoms with Crippen LogP contribution in [-0.4, -0.2) is 31.3 Å². The van der Waals surface area contributed by atoms with Gasteiger partial charge in [0.25, 0.3) is 5.56 Å². The van der Waals surface area contributed by atoms with Gasteiger partial charge in [-0.1, -0.05) is 15.9 Å². The van der Waals surface area contributed by atoms with Gasteiger partial charge in [0.15, 0.2) is 11.2 Å². The predicted octanol–water partition coefficient (Wildman–Crippen LogP) is 1.73. The van der Waals surface area contributed by atoms with Gasteiger partial charge in [-0.3, -0.25) is 14.2 Å². The number of imidazole rings is 1. The van der Waals surface area contributed by atoms with E-state index in [0.29, 0.717) is 12.2 Å². The number of benzene rings is 1. The van der Waals surface area contributed by atoms with E-state index < -0.39 is 23.8 Å². The Kier molecular flexibility index (Phi) is 4.87. The summed E-state index contributed by atoms with van der Waals surface area (Å²) in [5, 5.41) is 0.945. The summed E-state index contributed by atoms with van der Waals surface area (Å²) in [7, 11) is 3.15. The van der Waals surface area contributed by atoms with E-state index in [9.17, 15) is 14.4 Å². The fraction of sp³-hybridized carbons (Fsp3) is 0.263. The highest BCUT2D eigenvalue weighted by molar-refractivity contribution is 9.10. The number of nitrogens with zero attached hydrogens (tertiary/aromatic N) is 4. The number of furan rings is 1. The molecule has 1 aromatic carbocycles. The molecule has 0 aliphatic heterocycles. The van der Waals surface area contributed by atoms with Crippen LogP contribution in [0, 0.1) is 0 Å². The fourth-order valence-corrected chi connectivity index (χ4v) is 3.55. The van der Waals surface area contributed by atoms with Crippen LogP contribution in [0.4, 0.5) is 0 Å². The van der Waals surface area contributed by atoms with Crippen LogP contribution >= 0.6 is 15.9 Å². The number of hydrogen-bond acceptors (Lipinski definition) is 6. The van der Waals surface area contributed by atoms with Crippen molar-refractivity contribution < 1.29 is 13.9 Å². The van der Waals surface area contributed by atoms with Gasteiger partial charge < -0.3 is 13.7 Å². The molecule has 0 aliphatic rings. The van der Waals surface area contributed by atoms with E-state index in [4.69, 9.17) is 9.15 Å². The number of hydrogen-bond donors (Lipinski definition) is 0. The summed E-state index contributed by atoms with van der Waals surface area (Å²) >= 11 is 3.41. The lowest BCUT2D eigenvalue weighted by molar-refractivity contribution is -0.144. The molecule has 3 heterocycles. The van der Waals surface area contributed by atoms with Crippen molar-refractivity contribution in [1.82, 2.24) is 18.7 Å². The smallest absolute Gasteiger partial charge is 0.333 e. The molecule has 0 radical (unpaired) electrons. The van der Waals surface area contributed by atoms with Gasteiger partial charge in [0.1, 0.15) is 17.9 Å². The second-order valence-corrected chi connectivity index (χ2v) is 7.54. The molecular weight excluding hydrogens is 444 g/mol. The van der Waals surface area contributed by atoms with Crippen molar-refractivity contribution in [1.29, 1.82) is 0 Å². The minimum absolute atomic E-state index is 0.0723. The predicted molar refractivity (Wildman–Crippen MR) is 109 cm³/mol. The highest BCUT2D eigenvalue weighted by Crippen LogP contribution is 2.23. The highest BCUT2D eigenvalue weighted by Gasteiger charge is 2.17. The Morgan fingerprint density at radius 1 is 1.24 bits per heavy atom. The Hall–Kier alpha value is -3.14. The first kappa shape index (κ1) is 19.2. The van der Waals surface area contributed by atoms with Crippen LogP contribution in [0.2, 0.25) is 0 Å². The second-order valence-electron chi connectivity index (χ2n) is 6.63. The van der Waals surface area contributed by atoms with Crippen molar-refractivity contribution >= 4 is 44.0 Å². The lowest BCUT2D eigenvalue weighted by Crippen LogP contribution is -2.41. The number of esters is 1. The Labute approximate surface area is 172 Å². The maximum Gasteiger partial charge on any atom is 0.333 e. The summed E-state index contributed by atoms with van der Waals surface area (Å²) in [6.07, 6.45) is 1.83. The van der Waals surface area contributed by atoms with Gasteiger partial charge in [-0.25, -0.2) is 14.3 Å². The van der Waals surface area contributed by atoms with Crippen LogP contribution in [0.1, 0.15) is 5.76 Å². The van der Waals surface area contributed by atoms with Crippen LogP contribution in [-0.2, 0) is 36.6 Å². The van der Waals surface area contributed by atoms with Crippen LogP contribution in [0.15, 0.2) is 49.1 Å². The second kappa shape index (κ2) is 7.36. The number of rotatable bonds is 5. The minimum atomic E-state index is -0.676. The zero-order valence-corrected chi connectivity index (χ0v) is 17.3. The molecule has 0 amide bonds. The Balaban J connectivity index is 1.46. The van der Waals surface area contributed by atoms with Crippen LogP contribution in [0.3, 0.4) is 0 Å². The molecule has 0 spiro atoms. The molecule has 10 heteroatoms. The number of carbonyl (C=O) groups excluding carboxylic acids is 1. The number of carbonyl (C=O) groups is 1. The van der Waals surface area contributed by atoms with E-state index in [2.05, 4.69) is 20.9 Å². The van der Waals surface area contributed by atoms with Gasteiger partial charge in [-0.15, -0.1) is 0 Å². The quantitative estimate of drug-likeness (QED) is 0.420. The normalized spacial score (nSPS) is 11.4. The lowest BCUT2D eigenvalue weighted by Gasteiger charge is -2.08. The zero-order chi connectivity index (χ0) is 20.7. The van der Waals surface area contributed by atoms with Crippen molar-refractivity contribution in [2.75, 3.05) is 6.61 Å². The molecule has 9 nitrogen and oxygen atoms in total. The van der Waals surface area contributed by atoms with Crippen LogP contribution < -0.4 is 11.2 Å². The number of halogens is 1. The van der Waals surface area contributed by atoms with Gasteiger partial charge in [-0.05, 0) is 24.3 Å². The van der Waals surface area contributed by atoms with E-state index in [1.165, 1.54) is 22.5 Å². The Morgan fingerprint density at radius 2 is 2.03 bits per heavy atom. The third kappa shape index (κ3) is 3.51. The maximum absolute atomic E-state index is 12.6. The van der Waals surface area contributed by atoms with E-state index in [0.717, 1.165) is 20.0 Å². The van der Waals surface area contributed by atoms with Crippen molar-refractivity contribution in [2.24, 2.45) is 14.1 Å². The third-order valence-corrected chi connectivity index (χ3v) is 5.12. The number of ether oxygens (including phenoxy) is 1. The average molecular weight is 461 g/mol. The van der Waals surface area contributed by atoms with Gasteiger partial charge in [0.05, 0.1) is 12.9 Å². The van der Waals surface area contributed by atoms with Gasteiger partial charge in [-0.2, -0.15) is 0 Å². The average Bonchev–Trinajstić information content (AvgIpc) is 3.26. The number of aryl methyl sites for hydroxylation is 2. The molecule has 4 aromatic rings. The molecule has 3 aromatic heterocycles. The van der Waals surface area contributed by atoms with Gasteiger partial charge in [0, 0.05) is 30.4 Å². The molecule has 0 fully saturated rings.